The van der Waals surface area contributed by atoms with Crippen LogP contribution in [0.15, 0.2) is 78.2 Å². The van der Waals surface area contributed by atoms with Gasteiger partial charge in [-0.15, -0.1) is 11.3 Å². The largest absolute Gasteiger partial charge is 0.485 e. The number of ether oxygens (including phenoxy) is 2. The summed E-state index contributed by atoms with van der Waals surface area (Å²) in [5, 5.41) is 6.54. The van der Waals surface area contributed by atoms with Crippen molar-refractivity contribution in [3.63, 3.8) is 0 Å². The van der Waals surface area contributed by atoms with Gasteiger partial charge in [0.1, 0.15) is 18.0 Å². The number of amides is 2. The Kier molecular flexibility index (Phi) is 5.30. The first-order valence-corrected chi connectivity index (χ1v) is 10.7. The van der Waals surface area contributed by atoms with Gasteiger partial charge in [0.05, 0.1) is 10.6 Å². The van der Waals surface area contributed by atoms with Gasteiger partial charge in [-0.1, -0.05) is 36.4 Å². The summed E-state index contributed by atoms with van der Waals surface area (Å²) >= 11 is 1.53. The fraction of sp³-hybridized carbons (Fsp3) is 0.0870. The molecular weight excluding hydrogens is 428 g/mol. The second-order valence-corrected chi connectivity index (χ2v) is 7.89. The van der Waals surface area contributed by atoms with Gasteiger partial charge in [-0.25, -0.2) is 4.68 Å². The molecule has 0 saturated heterocycles. The Morgan fingerprint density at radius 3 is 2.53 bits per heavy atom. The number of hydrazine groups is 1. The Labute approximate surface area is 187 Å². The molecule has 1 atom stereocenters. The lowest BCUT2D eigenvalue weighted by Crippen LogP contribution is -2.51. The Hall–Kier alpha value is -4.11. The molecule has 5 rings (SSSR count). The minimum Gasteiger partial charge on any atom is -0.485 e. The van der Waals surface area contributed by atoms with Crippen molar-refractivity contribution < 1.29 is 19.1 Å². The summed E-state index contributed by atoms with van der Waals surface area (Å²) in [6.07, 6.45) is -0.883. The molecule has 0 fully saturated rings. The van der Waals surface area contributed by atoms with Crippen molar-refractivity contribution in [2.45, 2.75) is 6.10 Å². The molecule has 160 valence electrons. The first-order chi connectivity index (χ1) is 15.7. The van der Waals surface area contributed by atoms with E-state index in [0.717, 1.165) is 10.6 Å². The maximum absolute atomic E-state index is 13.0. The summed E-state index contributed by atoms with van der Waals surface area (Å²) in [4.78, 5) is 26.4. The number of benzene rings is 2. The summed E-state index contributed by atoms with van der Waals surface area (Å²) in [7, 11) is 0. The molecular formula is C23H18N4O4S. The van der Waals surface area contributed by atoms with Crippen molar-refractivity contribution in [2.24, 2.45) is 0 Å². The van der Waals surface area contributed by atoms with Gasteiger partial charge in [-0.05, 0) is 41.8 Å². The maximum Gasteiger partial charge on any atom is 0.288 e. The molecule has 0 radical (unpaired) electrons. The number of fused-ring (bicyclic) bond motifs is 1. The number of hydrogen-bond acceptors (Lipinski definition) is 6. The summed E-state index contributed by atoms with van der Waals surface area (Å²) in [5.41, 5.74) is 6.56. The molecule has 8 nitrogen and oxygen atoms in total. The predicted molar refractivity (Wildman–Crippen MR) is 119 cm³/mol. The Balaban J connectivity index is 1.32. The van der Waals surface area contributed by atoms with Crippen LogP contribution in [0.4, 0.5) is 0 Å². The average molecular weight is 446 g/mol. The lowest BCUT2D eigenvalue weighted by Gasteiger charge is -2.25. The number of aromatic nitrogens is 2. The zero-order valence-corrected chi connectivity index (χ0v) is 17.5. The highest BCUT2D eigenvalue weighted by molar-refractivity contribution is 7.13. The third-order valence-corrected chi connectivity index (χ3v) is 5.71. The number of nitrogens with one attached hydrogen (secondary N) is 2. The second kappa shape index (κ2) is 8.56. The molecule has 3 heterocycles. The standard InChI is InChI=1S/C23H18N4O4S/c28-22(24-25-23(29)20-14-30-18-9-4-5-10-19(18)31-20)17-13-16(21-11-6-12-32-21)26-27(17)15-7-2-1-3-8-15/h1-13,20H,14H2,(H,24,28)(H,25,29)/t20-/m0/s1. The number of carbonyl (C=O) groups excluding carboxylic acids is 2. The van der Waals surface area contributed by atoms with Gasteiger partial charge in [0.15, 0.2) is 11.5 Å². The fourth-order valence-electron chi connectivity index (χ4n) is 3.27. The van der Waals surface area contributed by atoms with E-state index in [9.17, 15) is 9.59 Å². The van der Waals surface area contributed by atoms with Crippen molar-refractivity contribution in [1.29, 1.82) is 0 Å². The van der Waals surface area contributed by atoms with Gasteiger partial charge in [-0.3, -0.25) is 20.4 Å². The van der Waals surface area contributed by atoms with Crippen LogP contribution < -0.4 is 20.3 Å². The van der Waals surface area contributed by atoms with Gasteiger partial charge >= 0.3 is 0 Å². The van der Waals surface area contributed by atoms with Gasteiger partial charge in [0, 0.05) is 0 Å². The van der Waals surface area contributed by atoms with E-state index in [0.29, 0.717) is 17.2 Å². The van der Waals surface area contributed by atoms with E-state index in [1.54, 1.807) is 28.9 Å². The minimum absolute atomic E-state index is 0.0448. The van der Waals surface area contributed by atoms with Crippen LogP contribution in [0.5, 0.6) is 11.5 Å². The summed E-state index contributed by atoms with van der Waals surface area (Å²) < 4.78 is 12.8. The van der Waals surface area contributed by atoms with Crippen LogP contribution in [-0.4, -0.2) is 34.3 Å². The fourth-order valence-corrected chi connectivity index (χ4v) is 3.95. The monoisotopic (exact) mass is 446 g/mol. The normalized spacial score (nSPS) is 14.6. The number of para-hydroxylation sites is 3. The molecule has 2 N–H and O–H groups in total. The molecule has 0 bridgehead atoms. The van der Waals surface area contributed by atoms with Crippen molar-refractivity contribution in [1.82, 2.24) is 20.6 Å². The smallest absolute Gasteiger partial charge is 0.288 e. The highest BCUT2D eigenvalue weighted by Gasteiger charge is 2.28. The molecule has 0 saturated carbocycles. The zero-order chi connectivity index (χ0) is 21.9. The summed E-state index contributed by atoms with van der Waals surface area (Å²) in [5.74, 6) is 0.0353. The van der Waals surface area contributed by atoms with Crippen LogP contribution in [0.3, 0.4) is 0 Å². The molecule has 0 spiro atoms. The number of carbonyl (C=O) groups is 2. The van der Waals surface area contributed by atoms with Crippen molar-refractivity contribution in [3.8, 4) is 27.8 Å². The van der Waals surface area contributed by atoms with Crippen LogP contribution >= 0.6 is 11.3 Å². The van der Waals surface area contributed by atoms with Gasteiger partial charge in [0.25, 0.3) is 11.8 Å². The van der Waals surface area contributed by atoms with E-state index in [1.165, 1.54) is 11.3 Å². The van der Waals surface area contributed by atoms with E-state index in [-0.39, 0.29) is 12.3 Å². The highest BCUT2D eigenvalue weighted by Crippen LogP contribution is 2.31. The zero-order valence-electron chi connectivity index (χ0n) is 16.7. The predicted octanol–water partition coefficient (Wildman–Crippen LogP) is 3.20. The van der Waals surface area contributed by atoms with Crippen molar-refractivity contribution in [2.75, 3.05) is 6.61 Å². The Morgan fingerprint density at radius 2 is 1.75 bits per heavy atom. The number of rotatable bonds is 4. The van der Waals surface area contributed by atoms with Gasteiger partial charge < -0.3 is 9.47 Å². The molecule has 0 aliphatic carbocycles. The first-order valence-electron chi connectivity index (χ1n) is 9.87. The molecule has 2 amide bonds. The molecule has 4 aromatic rings. The van der Waals surface area contributed by atoms with E-state index in [2.05, 4.69) is 16.0 Å². The summed E-state index contributed by atoms with van der Waals surface area (Å²) in [6, 6.07) is 22.0. The van der Waals surface area contributed by atoms with E-state index in [4.69, 9.17) is 9.47 Å². The number of thiophene rings is 1. The average Bonchev–Trinajstić information content (AvgIpc) is 3.53. The highest BCUT2D eigenvalue weighted by atomic mass is 32.1. The van der Waals surface area contributed by atoms with Crippen LogP contribution in [0.1, 0.15) is 10.5 Å². The van der Waals surface area contributed by atoms with Crippen LogP contribution in [0, 0.1) is 0 Å². The topological polar surface area (TPSA) is 94.5 Å². The lowest BCUT2D eigenvalue weighted by atomic mass is 10.2. The minimum atomic E-state index is -0.883. The van der Waals surface area contributed by atoms with Crippen molar-refractivity contribution >= 4 is 23.2 Å². The molecule has 0 unspecified atom stereocenters. The molecule has 32 heavy (non-hydrogen) atoms. The number of hydrogen-bond donors (Lipinski definition) is 2. The molecule has 1 aliphatic heterocycles. The third-order valence-electron chi connectivity index (χ3n) is 4.82. The van der Waals surface area contributed by atoms with E-state index < -0.39 is 17.9 Å². The second-order valence-electron chi connectivity index (χ2n) is 6.95. The summed E-state index contributed by atoms with van der Waals surface area (Å²) in [6.45, 7) is 0.0448. The Morgan fingerprint density at radius 1 is 0.969 bits per heavy atom. The third kappa shape index (κ3) is 3.93. The molecule has 9 heteroatoms. The lowest BCUT2D eigenvalue weighted by molar-refractivity contribution is -0.131. The molecule has 1 aliphatic rings. The molecule has 2 aromatic heterocycles. The van der Waals surface area contributed by atoms with Gasteiger partial charge in [0.2, 0.25) is 6.10 Å². The molecule has 2 aromatic carbocycles. The van der Waals surface area contributed by atoms with E-state index in [1.807, 2.05) is 53.9 Å². The van der Waals surface area contributed by atoms with Crippen LogP contribution in [0.2, 0.25) is 0 Å². The maximum atomic E-state index is 13.0. The van der Waals surface area contributed by atoms with Crippen LogP contribution in [-0.2, 0) is 4.79 Å². The first kappa shape index (κ1) is 19.8. The quantitative estimate of drug-likeness (QED) is 0.470. The van der Waals surface area contributed by atoms with Crippen molar-refractivity contribution in [3.05, 3.63) is 83.9 Å². The van der Waals surface area contributed by atoms with Gasteiger partial charge in [-0.2, -0.15) is 5.10 Å². The Bertz CT molecular complexity index is 1250. The van der Waals surface area contributed by atoms with Crippen LogP contribution in [0.25, 0.3) is 16.3 Å². The SMILES string of the molecule is O=C(NNC(=O)[C@@H]1COc2ccccc2O1)c1cc(-c2cccs2)nn1-c1ccccc1. The van der Waals surface area contributed by atoms with E-state index >= 15 is 0 Å². The number of nitrogens with zero attached hydrogens (tertiary/aromatic N) is 2.